The predicted molar refractivity (Wildman–Crippen MR) is 133 cm³/mol. The number of anilines is 1. The Bertz CT molecular complexity index is 1210. The van der Waals surface area contributed by atoms with Gasteiger partial charge < -0.3 is 10.2 Å². The zero-order valence-electron chi connectivity index (χ0n) is 19.1. The quantitative estimate of drug-likeness (QED) is 0.240. The molecule has 8 heteroatoms. The van der Waals surface area contributed by atoms with Crippen molar-refractivity contribution in [3.05, 3.63) is 118 Å². The van der Waals surface area contributed by atoms with Crippen molar-refractivity contribution < 1.29 is 9.72 Å². The molecule has 1 heterocycles. The highest BCUT2D eigenvalue weighted by molar-refractivity contribution is 5.97. The highest BCUT2D eigenvalue weighted by Gasteiger charge is 2.29. The van der Waals surface area contributed by atoms with Gasteiger partial charge in [0.1, 0.15) is 17.3 Å². The normalized spacial score (nSPS) is 14.4. The second kappa shape index (κ2) is 11.1. The monoisotopic (exact) mass is 467 g/mol. The minimum atomic E-state index is -0.515. The van der Waals surface area contributed by atoms with Crippen LogP contribution in [0.15, 0.2) is 96.7 Å². The maximum Gasteiger partial charge on any atom is 0.292 e. The molecule has 1 saturated heterocycles. The molecule has 3 aromatic rings. The van der Waals surface area contributed by atoms with E-state index in [-0.39, 0.29) is 23.0 Å². The van der Waals surface area contributed by atoms with Gasteiger partial charge in [-0.3, -0.25) is 19.8 Å². The summed E-state index contributed by atoms with van der Waals surface area (Å²) >= 11 is 0. The molecule has 1 fully saturated rings. The van der Waals surface area contributed by atoms with E-state index < -0.39 is 10.8 Å². The summed E-state index contributed by atoms with van der Waals surface area (Å²) in [6.45, 7) is 2.24. The number of hydrogen-bond acceptors (Lipinski definition) is 6. The summed E-state index contributed by atoms with van der Waals surface area (Å²) in [4.78, 5) is 27.7. The summed E-state index contributed by atoms with van der Waals surface area (Å²) in [6.07, 6.45) is 1.24. The van der Waals surface area contributed by atoms with Gasteiger partial charge in [-0.15, -0.1) is 0 Å². The van der Waals surface area contributed by atoms with Gasteiger partial charge in [0.25, 0.3) is 11.6 Å². The molecule has 4 rings (SSSR count). The van der Waals surface area contributed by atoms with E-state index in [2.05, 4.69) is 34.5 Å². The first kappa shape index (κ1) is 23.7. The van der Waals surface area contributed by atoms with Crippen LogP contribution in [-0.2, 0) is 4.79 Å². The van der Waals surface area contributed by atoms with Crippen molar-refractivity contribution in [3.8, 4) is 6.07 Å². The Morgan fingerprint density at radius 3 is 2.00 bits per heavy atom. The third-order valence-electron chi connectivity index (χ3n) is 6.02. The number of nitrogens with one attached hydrogen (secondary N) is 1. The van der Waals surface area contributed by atoms with Crippen LogP contribution in [0.1, 0.15) is 17.2 Å². The summed E-state index contributed by atoms with van der Waals surface area (Å²) in [7, 11) is 0. The van der Waals surface area contributed by atoms with Crippen molar-refractivity contribution >= 4 is 17.3 Å². The van der Waals surface area contributed by atoms with Crippen LogP contribution >= 0.6 is 0 Å². The summed E-state index contributed by atoms with van der Waals surface area (Å²) in [5, 5.41) is 23.5. The van der Waals surface area contributed by atoms with Gasteiger partial charge in [-0.2, -0.15) is 5.26 Å². The Kier molecular flexibility index (Phi) is 7.50. The number of amides is 1. The molecular weight excluding hydrogens is 442 g/mol. The van der Waals surface area contributed by atoms with Crippen LogP contribution in [0.25, 0.3) is 0 Å². The molecule has 0 spiro atoms. The Hall–Kier alpha value is -4.48. The Labute approximate surface area is 203 Å². The molecule has 3 aromatic carbocycles. The minimum Gasteiger partial charge on any atom is -0.355 e. The van der Waals surface area contributed by atoms with E-state index in [1.807, 2.05) is 42.5 Å². The number of nitro benzene ring substituents is 1. The maximum absolute atomic E-state index is 13.0. The first-order chi connectivity index (χ1) is 17.1. The average molecular weight is 468 g/mol. The van der Waals surface area contributed by atoms with Crippen LogP contribution in [0.3, 0.4) is 0 Å². The Balaban J connectivity index is 1.46. The number of hydrogen-bond donors (Lipinski definition) is 1. The minimum absolute atomic E-state index is 0.0703. The number of piperazine rings is 1. The summed E-state index contributed by atoms with van der Waals surface area (Å²) < 4.78 is 0. The van der Waals surface area contributed by atoms with Gasteiger partial charge in [0.15, 0.2) is 0 Å². The molecule has 1 N–H and O–H groups in total. The fourth-order valence-electron chi connectivity index (χ4n) is 4.28. The van der Waals surface area contributed by atoms with Gasteiger partial charge in [0.2, 0.25) is 0 Å². The van der Waals surface area contributed by atoms with Crippen LogP contribution in [0.4, 0.5) is 11.4 Å². The second-order valence-corrected chi connectivity index (χ2v) is 8.14. The van der Waals surface area contributed by atoms with E-state index >= 15 is 0 Å². The lowest BCUT2D eigenvalue weighted by molar-refractivity contribution is -0.383. The number of nitro groups is 1. The van der Waals surface area contributed by atoms with Crippen LogP contribution in [0.5, 0.6) is 0 Å². The lowest BCUT2D eigenvalue weighted by Crippen LogP contribution is -2.50. The van der Waals surface area contributed by atoms with E-state index in [9.17, 15) is 20.2 Å². The zero-order chi connectivity index (χ0) is 24.6. The molecule has 176 valence electrons. The molecule has 0 radical (unpaired) electrons. The zero-order valence-corrected chi connectivity index (χ0v) is 19.1. The van der Waals surface area contributed by atoms with E-state index in [1.165, 1.54) is 29.5 Å². The fourth-order valence-corrected chi connectivity index (χ4v) is 4.28. The number of benzene rings is 3. The van der Waals surface area contributed by atoms with Crippen LogP contribution < -0.4 is 5.32 Å². The smallest absolute Gasteiger partial charge is 0.292 e. The highest BCUT2D eigenvalue weighted by Crippen LogP contribution is 2.29. The molecule has 1 amide bonds. The lowest BCUT2D eigenvalue weighted by atomic mass is 9.96. The van der Waals surface area contributed by atoms with Crippen LogP contribution in [0, 0.1) is 21.4 Å². The largest absolute Gasteiger partial charge is 0.355 e. The van der Waals surface area contributed by atoms with Gasteiger partial charge in [0, 0.05) is 38.4 Å². The predicted octanol–water partition coefficient (Wildman–Crippen LogP) is 4.35. The van der Waals surface area contributed by atoms with E-state index in [0.717, 1.165) is 0 Å². The first-order valence-corrected chi connectivity index (χ1v) is 11.3. The second-order valence-electron chi connectivity index (χ2n) is 8.14. The van der Waals surface area contributed by atoms with Gasteiger partial charge in [-0.1, -0.05) is 72.8 Å². The van der Waals surface area contributed by atoms with Crippen molar-refractivity contribution in [3.63, 3.8) is 0 Å². The van der Waals surface area contributed by atoms with E-state index in [4.69, 9.17) is 0 Å². The van der Waals surface area contributed by atoms with Gasteiger partial charge in [-0.05, 0) is 17.2 Å². The fraction of sp³-hybridized carbons (Fsp3) is 0.185. The maximum atomic E-state index is 13.0. The summed E-state index contributed by atoms with van der Waals surface area (Å²) in [5.41, 5.74) is 2.36. The number of nitrogens with zero attached hydrogens (tertiary/aromatic N) is 4. The van der Waals surface area contributed by atoms with Gasteiger partial charge >= 0.3 is 0 Å². The molecule has 8 nitrogen and oxygen atoms in total. The van der Waals surface area contributed by atoms with Crippen molar-refractivity contribution in [2.45, 2.75) is 6.04 Å². The molecule has 0 unspecified atom stereocenters. The number of nitriles is 1. The van der Waals surface area contributed by atoms with Gasteiger partial charge in [-0.25, -0.2) is 0 Å². The van der Waals surface area contributed by atoms with Crippen LogP contribution in [0.2, 0.25) is 0 Å². The molecule has 0 atom stereocenters. The SMILES string of the molecule is N#C/C(=C/Nc1ccccc1[N+](=O)[O-])C(=O)N1CCN(C(c2ccccc2)c2ccccc2)CC1. The van der Waals surface area contributed by atoms with Gasteiger partial charge in [0.05, 0.1) is 11.0 Å². The molecular formula is C27H25N5O3. The molecule has 1 aliphatic rings. The summed E-state index contributed by atoms with van der Waals surface area (Å²) in [5.74, 6) is -0.394. The molecule has 0 bridgehead atoms. The molecule has 0 aliphatic carbocycles. The standard InChI is InChI=1S/C27H25N5O3/c28-19-23(20-29-24-13-7-8-14-25(24)32(34)35)27(33)31-17-15-30(16-18-31)26(21-9-3-1-4-10-21)22-11-5-2-6-12-22/h1-14,20,26,29H,15-18H2/b23-20-. The van der Waals surface area contributed by atoms with Crippen molar-refractivity contribution in [2.75, 3.05) is 31.5 Å². The van der Waals surface area contributed by atoms with Crippen molar-refractivity contribution in [1.82, 2.24) is 9.80 Å². The third kappa shape index (κ3) is 5.54. The topological polar surface area (TPSA) is 103 Å². The Morgan fingerprint density at radius 1 is 0.914 bits per heavy atom. The Morgan fingerprint density at radius 2 is 1.46 bits per heavy atom. The highest BCUT2D eigenvalue weighted by atomic mass is 16.6. The number of rotatable bonds is 7. The molecule has 0 saturated carbocycles. The lowest BCUT2D eigenvalue weighted by Gasteiger charge is -2.39. The number of para-hydroxylation sites is 2. The number of carbonyl (C=O) groups is 1. The van der Waals surface area contributed by atoms with Crippen molar-refractivity contribution in [2.24, 2.45) is 0 Å². The molecule has 0 aromatic heterocycles. The number of carbonyl (C=O) groups excluding carboxylic acids is 1. The molecule has 35 heavy (non-hydrogen) atoms. The van der Waals surface area contributed by atoms with E-state index in [1.54, 1.807) is 17.0 Å². The van der Waals surface area contributed by atoms with E-state index in [0.29, 0.717) is 26.2 Å². The molecule has 1 aliphatic heterocycles. The third-order valence-corrected chi connectivity index (χ3v) is 6.02. The van der Waals surface area contributed by atoms with Crippen LogP contribution in [-0.4, -0.2) is 46.8 Å². The average Bonchev–Trinajstić information content (AvgIpc) is 2.91. The van der Waals surface area contributed by atoms with Crippen molar-refractivity contribution in [1.29, 1.82) is 5.26 Å². The first-order valence-electron chi connectivity index (χ1n) is 11.3. The summed E-state index contributed by atoms with van der Waals surface area (Å²) in [6, 6.07) is 28.6.